The van der Waals surface area contributed by atoms with Gasteiger partial charge >= 0.3 is 0 Å². The van der Waals surface area contributed by atoms with E-state index in [1.165, 1.54) is 0 Å². The van der Waals surface area contributed by atoms with Crippen molar-refractivity contribution in [3.8, 4) is 0 Å². The molecule has 0 aliphatic heterocycles. The van der Waals surface area contributed by atoms with Crippen LogP contribution in [0.3, 0.4) is 0 Å². The van der Waals surface area contributed by atoms with Crippen LogP contribution < -0.4 is 5.32 Å². The van der Waals surface area contributed by atoms with Gasteiger partial charge < -0.3 is 5.32 Å². The third kappa shape index (κ3) is 3.63. The molecule has 6 heteroatoms. The van der Waals surface area contributed by atoms with Gasteiger partial charge in [0.25, 0.3) is 6.43 Å². The van der Waals surface area contributed by atoms with E-state index >= 15 is 0 Å². The quantitative estimate of drug-likeness (QED) is 0.851. The Morgan fingerprint density at radius 2 is 2.00 bits per heavy atom. The van der Waals surface area contributed by atoms with Crippen molar-refractivity contribution in [3.63, 3.8) is 0 Å². The minimum Gasteiger partial charge on any atom is -0.306 e. The number of hydrogen-bond donors (Lipinski definition) is 1. The van der Waals surface area contributed by atoms with E-state index in [2.05, 4.69) is 15.5 Å². The van der Waals surface area contributed by atoms with Crippen LogP contribution in [0.2, 0.25) is 0 Å². The summed E-state index contributed by atoms with van der Waals surface area (Å²) in [4.78, 5) is 0. The zero-order chi connectivity index (χ0) is 10.8. The molecule has 1 N–H and O–H groups in total. The first-order valence-electron chi connectivity index (χ1n) is 4.24. The van der Waals surface area contributed by atoms with E-state index in [1.807, 2.05) is 20.8 Å². The topological polar surface area (TPSA) is 37.8 Å². The third-order valence-corrected chi connectivity index (χ3v) is 2.37. The Balaban J connectivity index is 2.52. The predicted octanol–water partition coefficient (Wildman–Crippen LogP) is 2.36. The van der Waals surface area contributed by atoms with Crippen LogP contribution in [-0.2, 0) is 6.54 Å². The van der Waals surface area contributed by atoms with Crippen molar-refractivity contribution in [2.75, 3.05) is 0 Å². The van der Waals surface area contributed by atoms with Crippen molar-refractivity contribution >= 4 is 11.3 Å². The third-order valence-electron chi connectivity index (χ3n) is 1.44. The smallest absolute Gasteiger partial charge is 0.291 e. The van der Waals surface area contributed by atoms with Gasteiger partial charge in [0, 0.05) is 5.54 Å². The molecule has 0 unspecified atom stereocenters. The van der Waals surface area contributed by atoms with Crippen LogP contribution in [0.25, 0.3) is 0 Å². The van der Waals surface area contributed by atoms with Gasteiger partial charge in [0.2, 0.25) is 0 Å². The summed E-state index contributed by atoms with van der Waals surface area (Å²) < 4.78 is 24.3. The van der Waals surface area contributed by atoms with Crippen molar-refractivity contribution in [3.05, 3.63) is 10.0 Å². The minimum atomic E-state index is -2.52. The van der Waals surface area contributed by atoms with E-state index in [-0.39, 0.29) is 10.5 Å². The monoisotopic (exact) mass is 221 g/mol. The Hall–Kier alpha value is -0.620. The fourth-order valence-corrected chi connectivity index (χ4v) is 1.41. The normalized spacial score (nSPS) is 12.4. The lowest BCUT2D eigenvalue weighted by molar-refractivity contribution is 0.150. The molecule has 3 nitrogen and oxygen atoms in total. The average molecular weight is 221 g/mol. The first kappa shape index (κ1) is 11.5. The molecule has 1 heterocycles. The van der Waals surface area contributed by atoms with Gasteiger partial charge in [-0.3, -0.25) is 0 Å². The van der Waals surface area contributed by atoms with E-state index in [4.69, 9.17) is 0 Å². The van der Waals surface area contributed by atoms with Gasteiger partial charge in [-0.1, -0.05) is 11.3 Å². The van der Waals surface area contributed by atoms with Crippen molar-refractivity contribution in [2.24, 2.45) is 0 Å². The van der Waals surface area contributed by atoms with E-state index in [0.717, 1.165) is 11.3 Å². The van der Waals surface area contributed by atoms with Crippen LogP contribution in [0.5, 0.6) is 0 Å². The summed E-state index contributed by atoms with van der Waals surface area (Å²) in [5.41, 5.74) is -0.0450. The molecule has 0 saturated carbocycles. The Morgan fingerprint density at radius 1 is 1.36 bits per heavy atom. The number of nitrogens with zero attached hydrogens (tertiary/aromatic N) is 2. The Bertz CT molecular complexity index is 293. The van der Waals surface area contributed by atoms with Gasteiger partial charge in [0.05, 0.1) is 6.54 Å². The molecule has 0 fully saturated rings. The second-order valence-electron chi connectivity index (χ2n) is 3.94. The van der Waals surface area contributed by atoms with Crippen molar-refractivity contribution in [1.29, 1.82) is 0 Å². The van der Waals surface area contributed by atoms with Crippen molar-refractivity contribution < 1.29 is 8.78 Å². The highest BCUT2D eigenvalue weighted by molar-refractivity contribution is 7.11. The van der Waals surface area contributed by atoms with E-state index < -0.39 is 6.43 Å². The molecule has 0 aliphatic rings. The van der Waals surface area contributed by atoms with Gasteiger partial charge in [-0.2, -0.15) is 0 Å². The van der Waals surface area contributed by atoms with Crippen LogP contribution in [0.15, 0.2) is 0 Å². The average Bonchev–Trinajstić information content (AvgIpc) is 2.47. The molecular weight excluding hydrogens is 208 g/mol. The lowest BCUT2D eigenvalue weighted by Crippen LogP contribution is -2.35. The summed E-state index contributed by atoms with van der Waals surface area (Å²) in [6.07, 6.45) is -2.52. The Kier molecular flexibility index (Phi) is 3.49. The molecule has 1 aromatic heterocycles. The fraction of sp³-hybridized carbons (Fsp3) is 0.750. The molecule has 14 heavy (non-hydrogen) atoms. The van der Waals surface area contributed by atoms with E-state index in [9.17, 15) is 8.78 Å². The molecule has 0 bridgehead atoms. The molecule has 80 valence electrons. The summed E-state index contributed by atoms with van der Waals surface area (Å²) >= 11 is 0.947. The second-order valence-corrected chi connectivity index (χ2v) is 5.03. The Morgan fingerprint density at radius 3 is 2.43 bits per heavy atom. The molecule has 0 amide bonds. The molecule has 1 rings (SSSR count). The van der Waals surface area contributed by atoms with Gasteiger partial charge in [0.1, 0.15) is 5.01 Å². The second kappa shape index (κ2) is 4.27. The highest BCUT2D eigenvalue weighted by Gasteiger charge is 2.15. The summed E-state index contributed by atoms with van der Waals surface area (Å²) in [5.74, 6) is 0. The summed E-state index contributed by atoms with van der Waals surface area (Å²) in [6, 6.07) is 0. The van der Waals surface area contributed by atoms with Crippen LogP contribution in [0.1, 0.15) is 37.2 Å². The largest absolute Gasteiger partial charge is 0.306 e. The number of halogens is 2. The van der Waals surface area contributed by atoms with E-state index in [0.29, 0.717) is 11.6 Å². The number of aromatic nitrogens is 2. The molecule has 1 aromatic rings. The molecule has 0 atom stereocenters. The lowest BCUT2D eigenvalue weighted by atomic mass is 10.1. The number of alkyl halides is 2. The molecule has 0 aliphatic carbocycles. The fourth-order valence-electron chi connectivity index (χ4n) is 0.767. The van der Waals surface area contributed by atoms with E-state index in [1.54, 1.807) is 0 Å². The number of nitrogens with one attached hydrogen (secondary N) is 1. The maximum Gasteiger partial charge on any atom is 0.291 e. The summed E-state index contributed by atoms with van der Waals surface area (Å²) in [5, 5.41) is 10.6. The zero-order valence-electron chi connectivity index (χ0n) is 8.34. The lowest BCUT2D eigenvalue weighted by Gasteiger charge is -2.19. The van der Waals surface area contributed by atoms with Gasteiger partial charge in [-0.15, -0.1) is 10.2 Å². The molecular formula is C8H13F2N3S. The standard InChI is InChI=1S/C8H13F2N3S/c1-8(2,3)11-4-5-12-13-7(14-5)6(9)10/h6,11H,4H2,1-3H3. The van der Waals surface area contributed by atoms with Crippen LogP contribution in [0, 0.1) is 0 Å². The van der Waals surface area contributed by atoms with Crippen LogP contribution >= 0.6 is 11.3 Å². The molecule has 0 radical (unpaired) electrons. The van der Waals surface area contributed by atoms with Crippen molar-refractivity contribution in [2.45, 2.75) is 39.3 Å². The Labute approximate surface area is 85.6 Å². The summed E-state index contributed by atoms with van der Waals surface area (Å²) in [6.45, 7) is 6.49. The summed E-state index contributed by atoms with van der Waals surface area (Å²) in [7, 11) is 0. The van der Waals surface area contributed by atoms with Gasteiger partial charge in [-0.05, 0) is 20.8 Å². The first-order valence-corrected chi connectivity index (χ1v) is 5.05. The minimum absolute atomic E-state index is 0.0450. The number of hydrogen-bond acceptors (Lipinski definition) is 4. The first-order chi connectivity index (χ1) is 6.38. The molecule has 0 aromatic carbocycles. The van der Waals surface area contributed by atoms with Gasteiger partial charge in [-0.25, -0.2) is 8.78 Å². The van der Waals surface area contributed by atoms with Crippen LogP contribution in [0.4, 0.5) is 8.78 Å². The SMILES string of the molecule is CC(C)(C)NCc1nnc(C(F)F)s1. The highest BCUT2D eigenvalue weighted by Crippen LogP contribution is 2.22. The maximum absolute atomic E-state index is 12.1. The molecule has 0 spiro atoms. The zero-order valence-corrected chi connectivity index (χ0v) is 9.16. The highest BCUT2D eigenvalue weighted by atomic mass is 32.1. The molecule has 0 saturated heterocycles. The van der Waals surface area contributed by atoms with Crippen LogP contribution in [-0.4, -0.2) is 15.7 Å². The maximum atomic E-state index is 12.1. The number of rotatable bonds is 3. The van der Waals surface area contributed by atoms with Crippen molar-refractivity contribution in [1.82, 2.24) is 15.5 Å². The van der Waals surface area contributed by atoms with Gasteiger partial charge in [0.15, 0.2) is 5.01 Å². The predicted molar refractivity (Wildman–Crippen MR) is 51.5 cm³/mol.